The maximum atomic E-state index is 12.9. The molecule has 0 spiro atoms. The molecule has 5 nitrogen and oxygen atoms in total. The molecule has 2 heterocycles. The molecule has 3 aromatic rings. The van der Waals surface area contributed by atoms with Crippen LogP contribution in [0.15, 0.2) is 49.1 Å². The van der Waals surface area contributed by atoms with Crippen LogP contribution in [-0.2, 0) is 13.6 Å². The second kappa shape index (κ2) is 6.66. The molecule has 23 heavy (non-hydrogen) atoms. The summed E-state index contributed by atoms with van der Waals surface area (Å²) in [4.78, 5) is 8.74. The lowest BCUT2D eigenvalue weighted by Crippen LogP contribution is -2.18. The summed E-state index contributed by atoms with van der Waals surface area (Å²) in [7, 11) is 1.86. The summed E-state index contributed by atoms with van der Waals surface area (Å²) in [5.74, 6) is 0.439. The Balaban J connectivity index is 1.61. The molecular weight excluding hydrogens is 293 g/mol. The fourth-order valence-corrected chi connectivity index (χ4v) is 2.27. The number of rotatable bonds is 5. The van der Waals surface area contributed by atoms with Gasteiger partial charge in [0.25, 0.3) is 0 Å². The van der Waals surface area contributed by atoms with Gasteiger partial charge in [-0.25, -0.2) is 14.4 Å². The van der Waals surface area contributed by atoms with Gasteiger partial charge in [0.2, 0.25) is 0 Å². The summed E-state index contributed by atoms with van der Waals surface area (Å²) in [6.07, 6.45) is 7.23. The Morgan fingerprint density at radius 2 is 1.83 bits per heavy atom. The van der Waals surface area contributed by atoms with Crippen molar-refractivity contribution >= 4 is 0 Å². The van der Waals surface area contributed by atoms with Crippen molar-refractivity contribution in [3.63, 3.8) is 0 Å². The number of aromatic nitrogens is 4. The fourth-order valence-electron chi connectivity index (χ4n) is 2.27. The van der Waals surface area contributed by atoms with Crippen molar-refractivity contribution in [1.29, 1.82) is 0 Å². The molecule has 0 fully saturated rings. The molecule has 0 amide bonds. The third-order valence-corrected chi connectivity index (χ3v) is 3.65. The zero-order chi connectivity index (χ0) is 16.2. The van der Waals surface area contributed by atoms with Crippen LogP contribution in [0, 0.1) is 5.82 Å². The van der Waals surface area contributed by atoms with Crippen LogP contribution >= 0.6 is 0 Å². The average Bonchev–Trinajstić information content (AvgIpc) is 3.00. The minimum Gasteiger partial charge on any atom is -0.306 e. The third kappa shape index (κ3) is 3.78. The molecule has 1 aromatic carbocycles. The lowest BCUT2D eigenvalue weighted by atomic mass is 10.1. The highest BCUT2D eigenvalue weighted by Gasteiger charge is 2.07. The topological polar surface area (TPSA) is 55.6 Å². The second-order valence-electron chi connectivity index (χ2n) is 5.47. The molecule has 0 radical (unpaired) electrons. The molecule has 0 aliphatic rings. The summed E-state index contributed by atoms with van der Waals surface area (Å²) in [6.45, 7) is 2.68. The van der Waals surface area contributed by atoms with Crippen LogP contribution in [0.3, 0.4) is 0 Å². The van der Waals surface area contributed by atoms with Crippen LogP contribution in [0.25, 0.3) is 11.4 Å². The van der Waals surface area contributed by atoms with Crippen LogP contribution in [0.5, 0.6) is 0 Å². The molecule has 0 saturated carbocycles. The zero-order valence-corrected chi connectivity index (χ0v) is 13.1. The minimum absolute atomic E-state index is 0.119. The predicted molar refractivity (Wildman–Crippen MR) is 85.9 cm³/mol. The van der Waals surface area contributed by atoms with Gasteiger partial charge >= 0.3 is 0 Å². The second-order valence-corrected chi connectivity index (χ2v) is 5.47. The van der Waals surface area contributed by atoms with Crippen molar-refractivity contribution in [2.75, 3.05) is 0 Å². The summed E-state index contributed by atoms with van der Waals surface area (Å²) in [5.41, 5.74) is 2.93. The Labute approximate surface area is 134 Å². The van der Waals surface area contributed by atoms with E-state index in [1.54, 1.807) is 35.4 Å². The third-order valence-electron chi connectivity index (χ3n) is 3.65. The van der Waals surface area contributed by atoms with Gasteiger partial charge in [-0.3, -0.25) is 4.68 Å². The summed E-state index contributed by atoms with van der Waals surface area (Å²) < 4.78 is 14.7. The average molecular weight is 311 g/mol. The predicted octanol–water partition coefficient (Wildman–Crippen LogP) is 2.87. The van der Waals surface area contributed by atoms with E-state index in [1.165, 1.54) is 12.1 Å². The van der Waals surface area contributed by atoms with Crippen LogP contribution in [-0.4, -0.2) is 19.7 Å². The fraction of sp³-hybridized carbons (Fsp3) is 0.235. The maximum Gasteiger partial charge on any atom is 0.162 e. The monoisotopic (exact) mass is 311 g/mol. The molecule has 1 atom stereocenters. The molecule has 3 rings (SSSR count). The number of benzene rings is 1. The van der Waals surface area contributed by atoms with E-state index >= 15 is 0 Å². The van der Waals surface area contributed by atoms with Crippen LogP contribution < -0.4 is 5.32 Å². The Morgan fingerprint density at radius 3 is 2.43 bits per heavy atom. The van der Waals surface area contributed by atoms with Gasteiger partial charge in [0, 0.05) is 43.8 Å². The summed E-state index contributed by atoms with van der Waals surface area (Å²) >= 11 is 0. The first-order valence-corrected chi connectivity index (χ1v) is 7.40. The van der Waals surface area contributed by atoms with Gasteiger partial charge in [-0.05, 0) is 24.6 Å². The lowest BCUT2D eigenvalue weighted by molar-refractivity contribution is 0.569. The van der Waals surface area contributed by atoms with Crippen LogP contribution in [0.4, 0.5) is 4.39 Å². The first kappa shape index (κ1) is 15.3. The van der Waals surface area contributed by atoms with Crippen molar-refractivity contribution in [2.45, 2.75) is 19.5 Å². The highest BCUT2D eigenvalue weighted by molar-refractivity contribution is 5.51. The van der Waals surface area contributed by atoms with Crippen molar-refractivity contribution in [1.82, 2.24) is 25.1 Å². The van der Waals surface area contributed by atoms with Gasteiger partial charge in [-0.2, -0.15) is 5.10 Å². The van der Waals surface area contributed by atoms with Crippen molar-refractivity contribution in [2.24, 2.45) is 7.05 Å². The van der Waals surface area contributed by atoms with Crippen LogP contribution in [0.1, 0.15) is 24.1 Å². The van der Waals surface area contributed by atoms with E-state index in [0.717, 1.165) is 16.7 Å². The molecule has 0 saturated heterocycles. The van der Waals surface area contributed by atoms with Crippen molar-refractivity contribution in [3.8, 4) is 11.4 Å². The number of hydrogen-bond acceptors (Lipinski definition) is 4. The van der Waals surface area contributed by atoms with Crippen LogP contribution in [0.2, 0.25) is 0 Å². The van der Waals surface area contributed by atoms with Gasteiger partial charge in [0.1, 0.15) is 5.82 Å². The number of hydrogen-bond donors (Lipinski definition) is 1. The van der Waals surface area contributed by atoms with Gasteiger partial charge in [-0.1, -0.05) is 12.1 Å². The SMILES string of the molecule is CC(NCc1cnc(-c2cnn(C)c2)nc1)c1ccc(F)cc1. The smallest absolute Gasteiger partial charge is 0.162 e. The number of nitrogens with one attached hydrogen (secondary N) is 1. The molecule has 0 bridgehead atoms. The minimum atomic E-state index is -0.222. The van der Waals surface area contributed by atoms with Crippen molar-refractivity contribution < 1.29 is 4.39 Å². The summed E-state index contributed by atoms with van der Waals surface area (Å²) in [5, 5.41) is 7.49. The first-order chi connectivity index (χ1) is 11.1. The first-order valence-electron chi connectivity index (χ1n) is 7.40. The zero-order valence-electron chi connectivity index (χ0n) is 13.1. The highest BCUT2D eigenvalue weighted by atomic mass is 19.1. The van der Waals surface area contributed by atoms with E-state index in [1.807, 2.05) is 20.2 Å². The molecule has 2 aromatic heterocycles. The van der Waals surface area contributed by atoms with E-state index in [9.17, 15) is 4.39 Å². The van der Waals surface area contributed by atoms with Crippen molar-refractivity contribution in [3.05, 3.63) is 66.0 Å². The normalized spacial score (nSPS) is 12.3. The van der Waals surface area contributed by atoms with Gasteiger partial charge < -0.3 is 5.32 Å². The lowest BCUT2D eigenvalue weighted by Gasteiger charge is -2.14. The Hall–Kier alpha value is -2.60. The molecule has 1 N–H and O–H groups in total. The van der Waals surface area contributed by atoms with E-state index in [4.69, 9.17) is 0 Å². The van der Waals surface area contributed by atoms with Gasteiger partial charge in [-0.15, -0.1) is 0 Å². The van der Waals surface area contributed by atoms with E-state index in [2.05, 4.69) is 20.4 Å². The van der Waals surface area contributed by atoms with Gasteiger partial charge in [0.05, 0.1) is 11.8 Å². The number of aryl methyl sites for hydroxylation is 1. The quantitative estimate of drug-likeness (QED) is 0.787. The van der Waals surface area contributed by atoms with E-state index in [-0.39, 0.29) is 11.9 Å². The Kier molecular flexibility index (Phi) is 4.43. The maximum absolute atomic E-state index is 12.9. The number of halogens is 1. The van der Waals surface area contributed by atoms with E-state index in [0.29, 0.717) is 12.4 Å². The molecule has 0 aliphatic carbocycles. The standard InChI is InChI=1S/C17H18FN5/c1-12(14-3-5-16(18)6-4-14)19-7-13-8-20-17(21-9-13)15-10-22-23(2)11-15/h3-6,8-12,19H,7H2,1-2H3. The highest BCUT2D eigenvalue weighted by Crippen LogP contribution is 2.15. The number of nitrogens with zero attached hydrogens (tertiary/aromatic N) is 4. The Morgan fingerprint density at radius 1 is 1.13 bits per heavy atom. The summed E-state index contributed by atoms with van der Waals surface area (Å²) in [6, 6.07) is 6.64. The molecule has 118 valence electrons. The molecule has 6 heteroatoms. The molecular formula is C17H18FN5. The van der Waals surface area contributed by atoms with E-state index < -0.39 is 0 Å². The molecule has 1 unspecified atom stereocenters. The largest absolute Gasteiger partial charge is 0.306 e. The Bertz CT molecular complexity index is 764. The molecule has 0 aliphatic heterocycles. The van der Waals surface area contributed by atoms with Gasteiger partial charge in [0.15, 0.2) is 5.82 Å².